The Hall–Kier alpha value is -2.33. The van der Waals surface area contributed by atoms with Gasteiger partial charge < -0.3 is 10.2 Å². The molecule has 0 aromatic heterocycles. The third kappa shape index (κ3) is 2.17. The molecule has 2 aromatic carbocycles. The average molecular weight is 303 g/mol. The molecule has 0 bridgehead atoms. The summed E-state index contributed by atoms with van der Waals surface area (Å²) in [5, 5.41) is 18.8. The number of benzene rings is 2. The summed E-state index contributed by atoms with van der Waals surface area (Å²) in [4.78, 5) is 22.3. The Morgan fingerprint density at radius 2 is 1.86 bits per heavy atom. The molecule has 0 amide bonds. The van der Waals surface area contributed by atoms with Gasteiger partial charge in [0, 0.05) is 16.5 Å². The lowest BCUT2D eigenvalue weighted by Gasteiger charge is -2.11. The number of halogens is 1. The van der Waals surface area contributed by atoms with E-state index in [2.05, 4.69) is 0 Å². The lowest BCUT2D eigenvalue weighted by Crippen LogP contribution is -2.06. The van der Waals surface area contributed by atoms with E-state index in [0.717, 1.165) is 16.7 Å². The van der Waals surface area contributed by atoms with E-state index in [0.29, 0.717) is 10.6 Å². The van der Waals surface area contributed by atoms with Gasteiger partial charge in [0.15, 0.2) is 0 Å². The van der Waals surface area contributed by atoms with Crippen molar-refractivity contribution in [2.75, 3.05) is 0 Å². The van der Waals surface area contributed by atoms with Gasteiger partial charge in [-0.3, -0.25) is 4.79 Å². The Kier molecular flexibility index (Phi) is 3.18. The van der Waals surface area contributed by atoms with Crippen molar-refractivity contribution in [3.05, 3.63) is 58.1 Å². The molecule has 1 unspecified atom stereocenters. The molecular weight excluding hydrogens is 292 g/mol. The highest BCUT2D eigenvalue weighted by molar-refractivity contribution is 6.33. The zero-order valence-corrected chi connectivity index (χ0v) is 11.6. The second-order valence-electron chi connectivity index (χ2n) is 4.96. The Morgan fingerprint density at radius 3 is 2.52 bits per heavy atom. The number of rotatable bonds is 3. The summed E-state index contributed by atoms with van der Waals surface area (Å²) in [5.41, 5.74) is 3.31. The quantitative estimate of drug-likeness (QED) is 0.908. The van der Waals surface area contributed by atoms with E-state index in [-0.39, 0.29) is 17.9 Å². The molecule has 1 aliphatic rings. The van der Waals surface area contributed by atoms with Crippen LogP contribution in [0.15, 0.2) is 36.4 Å². The van der Waals surface area contributed by atoms with Gasteiger partial charge in [-0.2, -0.15) is 0 Å². The van der Waals surface area contributed by atoms with E-state index in [9.17, 15) is 9.59 Å². The fraction of sp³-hybridized carbons (Fsp3) is 0.125. The minimum Gasteiger partial charge on any atom is -0.481 e. The number of carboxylic acid groups (broad SMARTS) is 2. The van der Waals surface area contributed by atoms with Crippen LogP contribution in [-0.2, 0) is 4.79 Å². The normalized spacial score (nSPS) is 15.4. The Labute approximate surface area is 125 Å². The molecule has 3 rings (SSSR count). The van der Waals surface area contributed by atoms with Crippen molar-refractivity contribution in [2.24, 2.45) is 0 Å². The highest BCUT2D eigenvalue weighted by Crippen LogP contribution is 2.49. The van der Waals surface area contributed by atoms with Gasteiger partial charge in [0.05, 0.1) is 12.0 Å². The summed E-state index contributed by atoms with van der Waals surface area (Å²) in [6.45, 7) is 0. The summed E-state index contributed by atoms with van der Waals surface area (Å²) in [5.74, 6) is -2.33. The lowest BCUT2D eigenvalue weighted by molar-refractivity contribution is -0.137. The van der Waals surface area contributed by atoms with Crippen LogP contribution in [0.2, 0.25) is 5.02 Å². The molecule has 2 aromatic rings. The monoisotopic (exact) mass is 302 g/mol. The van der Waals surface area contributed by atoms with Gasteiger partial charge in [0.25, 0.3) is 0 Å². The summed E-state index contributed by atoms with van der Waals surface area (Å²) >= 11 is 6.24. The van der Waals surface area contributed by atoms with Crippen molar-refractivity contribution in [2.45, 2.75) is 12.3 Å². The largest absolute Gasteiger partial charge is 0.481 e. The van der Waals surface area contributed by atoms with Crippen LogP contribution in [0.3, 0.4) is 0 Å². The first-order chi connectivity index (χ1) is 9.99. The van der Waals surface area contributed by atoms with Crippen molar-refractivity contribution in [1.29, 1.82) is 0 Å². The molecule has 1 atom stereocenters. The third-order valence-corrected chi connectivity index (χ3v) is 4.06. The lowest BCUT2D eigenvalue weighted by atomic mass is 9.93. The molecule has 106 valence electrons. The van der Waals surface area contributed by atoms with Crippen molar-refractivity contribution in [1.82, 2.24) is 0 Å². The van der Waals surface area contributed by atoms with Crippen LogP contribution in [0.1, 0.15) is 33.8 Å². The van der Waals surface area contributed by atoms with Crippen LogP contribution < -0.4 is 0 Å². The molecule has 21 heavy (non-hydrogen) atoms. The fourth-order valence-corrected chi connectivity index (χ4v) is 3.17. The predicted molar refractivity (Wildman–Crippen MR) is 77.9 cm³/mol. The number of carbonyl (C=O) groups is 2. The maximum absolute atomic E-state index is 11.1. The van der Waals surface area contributed by atoms with Gasteiger partial charge in [-0.25, -0.2) is 4.79 Å². The zero-order chi connectivity index (χ0) is 15.1. The molecule has 2 N–H and O–H groups in total. The van der Waals surface area contributed by atoms with Gasteiger partial charge >= 0.3 is 11.9 Å². The number of carboxylic acids is 2. The van der Waals surface area contributed by atoms with E-state index in [1.54, 1.807) is 24.3 Å². The van der Waals surface area contributed by atoms with Crippen LogP contribution in [0.25, 0.3) is 11.1 Å². The van der Waals surface area contributed by atoms with Crippen LogP contribution in [-0.4, -0.2) is 22.2 Å². The first-order valence-corrected chi connectivity index (χ1v) is 6.74. The summed E-state index contributed by atoms with van der Waals surface area (Å²) < 4.78 is 0. The fourth-order valence-electron chi connectivity index (χ4n) is 2.89. The number of hydrogen-bond acceptors (Lipinski definition) is 2. The summed E-state index contributed by atoms with van der Waals surface area (Å²) in [6.07, 6.45) is -0.0938. The van der Waals surface area contributed by atoms with Gasteiger partial charge in [-0.1, -0.05) is 29.8 Å². The average Bonchev–Trinajstić information content (AvgIpc) is 2.73. The minimum atomic E-state index is -1.03. The van der Waals surface area contributed by atoms with Crippen molar-refractivity contribution in [3.63, 3.8) is 0 Å². The van der Waals surface area contributed by atoms with Gasteiger partial charge in [-0.05, 0) is 34.9 Å². The zero-order valence-electron chi connectivity index (χ0n) is 10.8. The molecule has 5 heteroatoms. The Balaban J connectivity index is 2.24. The van der Waals surface area contributed by atoms with Crippen LogP contribution in [0.5, 0.6) is 0 Å². The minimum absolute atomic E-state index is 0.0938. The number of aromatic carboxylic acids is 1. The van der Waals surface area contributed by atoms with Crippen molar-refractivity contribution >= 4 is 23.5 Å². The van der Waals surface area contributed by atoms with Crippen LogP contribution in [0.4, 0.5) is 0 Å². The molecule has 1 aliphatic carbocycles. The van der Waals surface area contributed by atoms with E-state index in [4.69, 9.17) is 21.8 Å². The number of fused-ring (bicyclic) bond motifs is 3. The predicted octanol–water partition coefficient (Wildman–Crippen LogP) is 3.63. The molecule has 0 saturated heterocycles. The Bertz CT molecular complexity index is 767. The van der Waals surface area contributed by atoms with E-state index >= 15 is 0 Å². The van der Waals surface area contributed by atoms with Gasteiger partial charge in [-0.15, -0.1) is 0 Å². The smallest absolute Gasteiger partial charge is 0.335 e. The van der Waals surface area contributed by atoms with Crippen LogP contribution >= 0.6 is 11.6 Å². The molecular formula is C16H11ClO4. The highest BCUT2D eigenvalue weighted by atomic mass is 35.5. The number of aliphatic carboxylic acids is 1. The second kappa shape index (κ2) is 4.90. The molecule has 0 spiro atoms. The molecule has 4 nitrogen and oxygen atoms in total. The second-order valence-corrected chi connectivity index (χ2v) is 5.37. The van der Waals surface area contributed by atoms with E-state index in [1.165, 1.54) is 6.07 Å². The highest BCUT2D eigenvalue weighted by Gasteiger charge is 2.32. The van der Waals surface area contributed by atoms with E-state index in [1.807, 2.05) is 6.07 Å². The van der Waals surface area contributed by atoms with Crippen molar-refractivity contribution in [3.8, 4) is 11.1 Å². The summed E-state index contributed by atoms with van der Waals surface area (Å²) in [7, 11) is 0. The topological polar surface area (TPSA) is 74.6 Å². The van der Waals surface area contributed by atoms with E-state index < -0.39 is 11.9 Å². The molecule has 0 heterocycles. The molecule has 0 radical (unpaired) electrons. The van der Waals surface area contributed by atoms with Gasteiger partial charge in [0.2, 0.25) is 0 Å². The SMILES string of the molecule is O=C(O)CC1c2cc(C(=O)O)ccc2-c2c(Cl)cccc21. The first-order valence-electron chi connectivity index (χ1n) is 6.37. The van der Waals surface area contributed by atoms with Crippen molar-refractivity contribution < 1.29 is 19.8 Å². The Morgan fingerprint density at radius 1 is 1.10 bits per heavy atom. The standard InChI is InChI=1S/C16H11ClO4/c17-13-3-1-2-9-12(7-14(18)19)11-6-8(16(20)21)4-5-10(11)15(9)13/h1-6,12H,7H2,(H,18,19)(H,20,21). The third-order valence-electron chi connectivity index (χ3n) is 3.74. The molecule has 0 fully saturated rings. The number of hydrogen-bond donors (Lipinski definition) is 2. The maximum Gasteiger partial charge on any atom is 0.335 e. The molecule has 0 aliphatic heterocycles. The first kappa shape index (κ1) is 13.6. The summed E-state index contributed by atoms with van der Waals surface area (Å²) in [6, 6.07) is 10.1. The van der Waals surface area contributed by atoms with Gasteiger partial charge in [0.1, 0.15) is 0 Å². The maximum atomic E-state index is 11.1. The van der Waals surface area contributed by atoms with Crippen LogP contribution in [0, 0.1) is 0 Å². The molecule has 0 saturated carbocycles.